The Balaban J connectivity index is 2.31. The molecular formula is C11H11N7. The van der Waals surface area contributed by atoms with Crippen molar-refractivity contribution in [2.45, 2.75) is 13.8 Å². The predicted molar refractivity (Wildman–Crippen MR) is 67.7 cm³/mol. The molecule has 0 aliphatic carbocycles. The lowest BCUT2D eigenvalue weighted by molar-refractivity contribution is 0.831. The van der Waals surface area contributed by atoms with E-state index in [1.807, 2.05) is 31.2 Å². The molecule has 2 aromatic rings. The SMILES string of the molecule is Cc1ccc(/C=N/n2c(C)nnc2N=[N+]=[N-])cc1. The van der Waals surface area contributed by atoms with Crippen LogP contribution in [0.1, 0.15) is 17.0 Å². The Hall–Kier alpha value is -2.66. The fourth-order valence-electron chi connectivity index (χ4n) is 1.36. The minimum Gasteiger partial charge on any atom is -0.195 e. The molecule has 0 bridgehead atoms. The quantitative estimate of drug-likeness (QED) is 0.357. The molecule has 18 heavy (non-hydrogen) atoms. The molecular weight excluding hydrogens is 230 g/mol. The molecule has 0 aliphatic heterocycles. The molecule has 0 amide bonds. The van der Waals surface area contributed by atoms with Crippen molar-refractivity contribution in [2.75, 3.05) is 0 Å². The van der Waals surface area contributed by atoms with Crippen molar-refractivity contribution < 1.29 is 0 Å². The fraction of sp³-hybridized carbons (Fsp3) is 0.182. The number of benzene rings is 1. The van der Waals surface area contributed by atoms with E-state index in [1.54, 1.807) is 13.1 Å². The predicted octanol–water partition coefficient (Wildman–Crippen LogP) is 2.72. The molecule has 2 rings (SSSR count). The van der Waals surface area contributed by atoms with Crippen molar-refractivity contribution in [2.24, 2.45) is 10.2 Å². The van der Waals surface area contributed by atoms with Gasteiger partial charge in [0.25, 0.3) is 0 Å². The summed E-state index contributed by atoms with van der Waals surface area (Å²) in [5.74, 6) is 0.680. The number of azide groups is 1. The third kappa shape index (κ3) is 2.53. The first-order valence-corrected chi connectivity index (χ1v) is 5.29. The van der Waals surface area contributed by atoms with Gasteiger partial charge in [0.15, 0.2) is 5.82 Å². The van der Waals surface area contributed by atoms with E-state index in [1.165, 1.54) is 10.2 Å². The summed E-state index contributed by atoms with van der Waals surface area (Å²) in [7, 11) is 0. The lowest BCUT2D eigenvalue weighted by atomic mass is 10.2. The number of aromatic nitrogens is 3. The molecule has 1 heterocycles. The van der Waals surface area contributed by atoms with Crippen LogP contribution in [0, 0.1) is 13.8 Å². The Labute approximate surface area is 103 Å². The van der Waals surface area contributed by atoms with E-state index >= 15 is 0 Å². The zero-order valence-corrected chi connectivity index (χ0v) is 10.0. The third-order valence-electron chi connectivity index (χ3n) is 2.31. The van der Waals surface area contributed by atoms with Crippen molar-refractivity contribution in [3.8, 4) is 0 Å². The van der Waals surface area contributed by atoms with E-state index < -0.39 is 0 Å². The van der Waals surface area contributed by atoms with E-state index in [0.29, 0.717) is 5.82 Å². The molecule has 0 unspecified atom stereocenters. The van der Waals surface area contributed by atoms with E-state index in [4.69, 9.17) is 5.53 Å². The standard InChI is InChI=1S/C11H11N7/c1-8-3-5-10(6-4-8)7-13-18-9(2)14-15-11(18)16-17-12/h3-7H,1-2H3/b13-7+. The molecule has 0 saturated heterocycles. The Morgan fingerprint density at radius 1 is 1.22 bits per heavy atom. The van der Waals surface area contributed by atoms with Crippen molar-refractivity contribution in [1.82, 2.24) is 14.9 Å². The van der Waals surface area contributed by atoms with Gasteiger partial charge < -0.3 is 0 Å². The number of aryl methyl sites for hydroxylation is 2. The maximum Gasteiger partial charge on any atom is 0.241 e. The second-order valence-electron chi connectivity index (χ2n) is 3.70. The van der Waals surface area contributed by atoms with Gasteiger partial charge >= 0.3 is 0 Å². The number of hydrogen-bond acceptors (Lipinski definition) is 4. The third-order valence-corrected chi connectivity index (χ3v) is 2.31. The van der Waals surface area contributed by atoms with Gasteiger partial charge in [-0.2, -0.15) is 9.78 Å². The van der Waals surface area contributed by atoms with Crippen molar-refractivity contribution in [1.29, 1.82) is 0 Å². The number of hydrogen-bond donors (Lipinski definition) is 0. The summed E-state index contributed by atoms with van der Waals surface area (Å²) in [6.07, 6.45) is 1.66. The smallest absolute Gasteiger partial charge is 0.195 e. The highest BCUT2D eigenvalue weighted by molar-refractivity contribution is 5.79. The molecule has 0 fully saturated rings. The molecule has 0 radical (unpaired) electrons. The zero-order valence-electron chi connectivity index (χ0n) is 10.0. The molecule has 90 valence electrons. The summed E-state index contributed by atoms with van der Waals surface area (Å²) in [5.41, 5.74) is 10.5. The second kappa shape index (κ2) is 5.11. The van der Waals surface area contributed by atoms with Gasteiger partial charge in [-0.1, -0.05) is 29.8 Å². The molecule has 0 N–H and O–H groups in total. The summed E-state index contributed by atoms with van der Waals surface area (Å²) in [4.78, 5) is 2.67. The highest BCUT2D eigenvalue weighted by Gasteiger charge is 2.04. The van der Waals surface area contributed by atoms with E-state index in [9.17, 15) is 0 Å². The average Bonchev–Trinajstić information content (AvgIpc) is 2.71. The first-order chi connectivity index (χ1) is 8.70. The molecule has 0 spiro atoms. The van der Waals surface area contributed by atoms with Gasteiger partial charge in [0, 0.05) is 4.91 Å². The summed E-state index contributed by atoms with van der Waals surface area (Å²) in [6.45, 7) is 3.75. The lowest BCUT2D eigenvalue weighted by Crippen LogP contribution is -1.93. The van der Waals surface area contributed by atoms with Crippen molar-refractivity contribution >= 4 is 12.2 Å². The van der Waals surface area contributed by atoms with Gasteiger partial charge in [-0.3, -0.25) is 0 Å². The molecule has 0 atom stereocenters. The Kier molecular flexibility index (Phi) is 3.36. The highest BCUT2D eigenvalue weighted by atomic mass is 15.5. The largest absolute Gasteiger partial charge is 0.241 e. The average molecular weight is 241 g/mol. The summed E-state index contributed by atoms with van der Waals surface area (Å²) in [5, 5.41) is 15.1. The summed E-state index contributed by atoms with van der Waals surface area (Å²) < 4.78 is 1.39. The minimum absolute atomic E-state index is 0.123. The fourth-order valence-corrected chi connectivity index (χ4v) is 1.36. The van der Waals surface area contributed by atoms with Gasteiger partial charge in [-0.25, -0.2) is 0 Å². The van der Waals surface area contributed by atoms with Crippen LogP contribution in [-0.4, -0.2) is 21.1 Å². The van der Waals surface area contributed by atoms with Crippen LogP contribution in [0.4, 0.5) is 5.95 Å². The molecule has 7 nitrogen and oxygen atoms in total. The first kappa shape index (κ1) is 11.8. The second-order valence-corrected chi connectivity index (χ2v) is 3.70. The van der Waals surface area contributed by atoms with Crippen molar-refractivity contribution in [3.05, 3.63) is 51.7 Å². The molecule has 1 aromatic heterocycles. The van der Waals surface area contributed by atoms with E-state index in [0.717, 1.165) is 5.56 Å². The normalized spacial score (nSPS) is 10.6. The maximum atomic E-state index is 8.39. The number of rotatable bonds is 3. The summed E-state index contributed by atoms with van der Waals surface area (Å²) in [6, 6.07) is 7.89. The van der Waals surface area contributed by atoms with Gasteiger partial charge in [-0.15, -0.1) is 10.2 Å². The van der Waals surface area contributed by atoms with Gasteiger partial charge in [0.05, 0.1) is 6.21 Å². The van der Waals surface area contributed by atoms with Crippen LogP contribution in [0.15, 0.2) is 34.5 Å². The van der Waals surface area contributed by atoms with Crippen LogP contribution < -0.4 is 0 Å². The van der Waals surface area contributed by atoms with Crippen LogP contribution in [0.3, 0.4) is 0 Å². The number of nitrogens with zero attached hydrogens (tertiary/aromatic N) is 7. The van der Waals surface area contributed by atoms with Crippen molar-refractivity contribution in [3.63, 3.8) is 0 Å². The topological polar surface area (TPSA) is 91.8 Å². The van der Waals surface area contributed by atoms with Crippen LogP contribution >= 0.6 is 0 Å². The minimum atomic E-state index is 0.123. The molecule has 7 heteroatoms. The van der Waals surface area contributed by atoms with Crippen LogP contribution in [0.2, 0.25) is 0 Å². The molecule has 0 saturated carbocycles. The zero-order chi connectivity index (χ0) is 13.0. The maximum absolute atomic E-state index is 8.39. The highest BCUT2D eigenvalue weighted by Crippen LogP contribution is 2.10. The van der Waals surface area contributed by atoms with Crippen LogP contribution in [0.5, 0.6) is 0 Å². The Morgan fingerprint density at radius 2 is 1.94 bits per heavy atom. The van der Waals surface area contributed by atoms with Crippen LogP contribution in [-0.2, 0) is 0 Å². The van der Waals surface area contributed by atoms with Gasteiger partial charge in [0.1, 0.15) is 0 Å². The van der Waals surface area contributed by atoms with Gasteiger partial charge in [-0.05, 0) is 30.1 Å². The van der Waals surface area contributed by atoms with Crippen LogP contribution in [0.25, 0.3) is 10.4 Å². The Bertz CT molecular complexity index is 617. The first-order valence-electron chi connectivity index (χ1n) is 5.29. The van der Waals surface area contributed by atoms with E-state index in [2.05, 4.69) is 25.3 Å². The van der Waals surface area contributed by atoms with Gasteiger partial charge in [0.2, 0.25) is 5.95 Å². The summed E-state index contributed by atoms with van der Waals surface area (Å²) >= 11 is 0. The monoisotopic (exact) mass is 241 g/mol. The van der Waals surface area contributed by atoms with E-state index in [-0.39, 0.29) is 5.95 Å². The molecule has 0 aliphatic rings. The Morgan fingerprint density at radius 3 is 2.61 bits per heavy atom. The lowest BCUT2D eigenvalue weighted by Gasteiger charge is -1.97. The molecule has 1 aromatic carbocycles.